The van der Waals surface area contributed by atoms with Crippen LogP contribution in [0.5, 0.6) is 0 Å². The molecular weight excluding hydrogens is 512 g/mol. The summed E-state index contributed by atoms with van der Waals surface area (Å²) in [4.78, 5) is 40.7. The molecule has 1 unspecified atom stereocenters. The number of aryl methyl sites for hydroxylation is 4. The normalized spacial score (nSPS) is 12.2. The molecule has 0 saturated carbocycles. The van der Waals surface area contributed by atoms with Gasteiger partial charge in [0.1, 0.15) is 11.6 Å². The van der Waals surface area contributed by atoms with Crippen molar-refractivity contribution in [3.63, 3.8) is 0 Å². The van der Waals surface area contributed by atoms with E-state index in [0.29, 0.717) is 40.5 Å². The lowest BCUT2D eigenvalue weighted by atomic mass is 10.1. The molecule has 8 nitrogen and oxygen atoms in total. The number of benzene rings is 2. The van der Waals surface area contributed by atoms with Crippen molar-refractivity contribution in [2.75, 3.05) is 5.32 Å². The first kappa shape index (κ1) is 27.7. The van der Waals surface area contributed by atoms with Crippen LogP contribution in [0.25, 0.3) is 28.6 Å². The summed E-state index contributed by atoms with van der Waals surface area (Å²) in [5, 5.41) is 4.18. The second-order valence-corrected chi connectivity index (χ2v) is 10.3. The molecule has 1 atom stereocenters. The Bertz CT molecular complexity index is 1830. The van der Waals surface area contributed by atoms with E-state index in [1.165, 1.54) is 13.0 Å². The molecule has 1 N–H and O–H groups in total. The van der Waals surface area contributed by atoms with E-state index in [1.807, 2.05) is 99.8 Å². The van der Waals surface area contributed by atoms with Crippen LogP contribution < -0.4 is 10.9 Å². The van der Waals surface area contributed by atoms with Crippen molar-refractivity contribution >= 4 is 28.6 Å². The summed E-state index contributed by atoms with van der Waals surface area (Å²) in [7, 11) is 0. The molecule has 5 aromatic rings. The van der Waals surface area contributed by atoms with Gasteiger partial charge in [0.15, 0.2) is 5.78 Å². The first-order chi connectivity index (χ1) is 19.7. The Labute approximate surface area is 239 Å². The number of anilines is 1. The average Bonchev–Trinajstić information content (AvgIpc) is 3.28. The van der Waals surface area contributed by atoms with E-state index < -0.39 is 0 Å². The minimum atomic E-state index is -0.383. The smallest absolute Gasteiger partial charge is 0.266 e. The number of nitrogens with one attached hydrogen (secondary N) is 1. The number of hydrogen-bond donors (Lipinski definition) is 1. The maximum atomic E-state index is 14.0. The molecule has 0 bridgehead atoms. The van der Waals surface area contributed by atoms with Crippen LogP contribution in [-0.4, -0.2) is 29.9 Å². The van der Waals surface area contributed by atoms with E-state index >= 15 is 0 Å². The molecule has 0 aliphatic heterocycles. The lowest BCUT2D eigenvalue weighted by Gasteiger charge is -2.24. The number of carbonyl (C=O) groups excluding carboxylic acids is 1. The first-order valence-corrected chi connectivity index (χ1v) is 13.8. The van der Waals surface area contributed by atoms with Gasteiger partial charge in [0.2, 0.25) is 5.95 Å². The van der Waals surface area contributed by atoms with Crippen molar-refractivity contribution in [2.24, 2.45) is 0 Å². The van der Waals surface area contributed by atoms with Crippen LogP contribution in [0.4, 0.5) is 5.82 Å². The zero-order chi connectivity index (χ0) is 29.3. The Kier molecular flexibility index (Phi) is 7.66. The Morgan fingerprint density at radius 2 is 1.61 bits per heavy atom. The number of fused-ring (bicyclic) bond motifs is 1. The van der Waals surface area contributed by atoms with E-state index in [2.05, 4.69) is 5.32 Å². The molecule has 0 amide bonds. The van der Waals surface area contributed by atoms with Gasteiger partial charge in [-0.15, -0.1) is 0 Å². The van der Waals surface area contributed by atoms with E-state index in [4.69, 9.17) is 15.0 Å². The lowest BCUT2D eigenvalue weighted by Crippen LogP contribution is -2.29. The van der Waals surface area contributed by atoms with Gasteiger partial charge < -0.3 is 5.32 Å². The third-order valence-corrected chi connectivity index (χ3v) is 7.26. The zero-order valence-electron chi connectivity index (χ0n) is 24.3. The molecule has 41 heavy (non-hydrogen) atoms. The van der Waals surface area contributed by atoms with Crippen molar-refractivity contribution in [2.45, 2.75) is 54.0 Å². The van der Waals surface area contributed by atoms with Gasteiger partial charge in [-0.25, -0.2) is 9.97 Å². The molecule has 3 aromatic heterocycles. The zero-order valence-corrected chi connectivity index (χ0v) is 24.3. The molecular formula is C33H34N6O2. The van der Waals surface area contributed by atoms with Gasteiger partial charge >= 0.3 is 0 Å². The number of allylic oxidation sites excluding steroid dienone is 1. The van der Waals surface area contributed by atoms with Crippen LogP contribution in [0.2, 0.25) is 0 Å². The van der Waals surface area contributed by atoms with Crippen molar-refractivity contribution < 1.29 is 4.79 Å². The molecule has 8 heteroatoms. The number of rotatable bonds is 8. The second kappa shape index (κ2) is 11.3. The highest BCUT2D eigenvalue weighted by atomic mass is 16.1. The fourth-order valence-corrected chi connectivity index (χ4v) is 5.15. The molecule has 0 spiro atoms. The van der Waals surface area contributed by atoms with Crippen molar-refractivity contribution in [3.05, 3.63) is 111 Å². The molecule has 0 fully saturated rings. The first-order valence-electron chi connectivity index (χ1n) is 13.8. The van der Waals surface area contributed by atoms with Crippen LogP contribution in [0.15, 0.2) is 71.5 Å². The van der Waals surface area contributed by atoms with Crippen LogP contribution in [0, 0.1) is 27.7 Å². The number of ketones is 1. The van der Waals surface area contributed by atoms with Crippen molar-refractivity contribution in [1.82, 2.24) is 24.1 Å². The largest absolute Gasteiger partial charge is 0.359 e. The highest BCUT2D eigenvalue weighted by Crippen LogP contribution is 2.29. The van der Waals surface area contributed by atoms with E-state index in [0.717, 1.165) is 28.3 Å². The van der Waals surface area contributed by atoms with Crippen LogP contribution in [0.3, 0.4) is 0 Å². The van der Waals surface area contributed by atoms with E-state index in [-0.39, 0.29) is 17.4 Å². The highest BCUT2D eigenvalue weighted by molar-refractivity contribution is 5.92. The van der Waals surface area contributed by atoms with Gasteiger partial charge in [-0.05, 0) is 89.1 Å². The van der Waals surface area contributed by atoms with E-state index in [1.54, 1.807) is 10.6 Å². The number of aromatic nitrogens is 5. The van der Waals surface area contributed by atoms with E-state index in [9.17, 15) is 9.59 Å². The maximum Gasteiger partial charge on any atom is 0.266 e. The third kappa shape index (κ3) is 5.33. The fraction of sp³-hybridized carbons (Fsp3) is 0.242. The molecule has 3 heterocycles. The van der Waals surface area contributed by atoms with Gasteiger partial charge in [-0.1, -0.05) is 37.3 Å². The Hall–Kier alpha value is -4.85. The molecule has 5 rings (SSSR count). The van der Waals surface area contributed by atoms with Crippen LogP contribution >= 0.6 is 0 Å². The second-order valence-electron chi connectivity index (χ2n) is 10.3. The standard InChI is InChI=1S/C33H34N6O2/c1-7-27(31-36-28-15-11-12-20(2)29(28)32(41)39(31)25-13-9-8-10-14-25)35-30-26(19-18-23(5)40)24(6)34-33(37-30)38-21(3)16-17-22(38)4/h8-19,27H,7H2,1-6H3,(H,34,35,37). The summed E-state index contributed by atoms with van der Waals surface area (Å²) >= 11 is 0. The van der Waals surface area contributed by atoms with Crippen molar-refractivity contribution in [3.8, 4) is 11.6 Å². The van der Waals surface area contributed by atoms with Gasteiger partial charge in [0.25, 0.3) is 5.56 Å². The number of nitrogens with zero attached hydrogens (tertiary/aromatic N) is 5. The fourth-order valence-electron chi connectivity index (χ4n) is 5.15. The number of hydrogen-bond acceptors (Lipinski definition) is 6. The molecule has 0 aliphatic carbocycles. The molecule has 208 valence electrons. The van der Waals surface area contributed by atoms with Crippen molar-refractivity contribution in [1.29, 1.82) is 0 Å². The molecule has 0 saturated heterocycles. The topological polar surface area (TPSA) is 94.7 Å². The Balaban J connectivity index is 1.73. The summed E-state index contributed by atoms with van der Waals surface area (Å²) in [5.41, 5.74) is 5.59. The highest BCUT2D eigenvalue weighted by Gasteiger charge is 2.23. The third-order valence-electron chi connectivity index (χ3n) is 7.26. The molecule has 0 radical (unpaired) electrons. The Morgan fingerprint density at radius 3 is 2.27 bits per heavy atom. The average molecular weight is 547 g/mol. The van der Waals surface area contributed by atoms with Crippen LogP contribution in [0.1, 0.15) is 60.3 Å². The predicted molar refractivity (Wildman–Crippen MR) is 164 cm³/mol. The summed E-state index contributed by atoms with van der Waals surface area (Å²) in [6, 6.07) is 19.0. The summed E-state index contributed by atoms with van der Waals surface area (Å²) in [6.45, 7) is 11.4. The van der Waals surface area contributed by atoms with Gasteiger partial charge in [0.05, 0.1) is 28.3 Å². The van der Waals surface area contributed by atoms with Gasteiger partial charge in [-0.3, -0.25) is 18.7 Å². The Morgan fingerprint density at radius 1 is 0.902 bits per heavy atom. The predicted octanol–water partition coefficient (Wildman–Crippen LogP) is 6.37. The monoisotopic (exact) mass is 546 g/mol. The SMILES string of the molecule is CCC(Nc1nc(-n2c(C)ccc2C)nc(C)c1C=CC(C)=O)c1nc2cccc(C)c2c(=O)n1-c1ccccc1. The molecule has 0 aliphatic rings. The lowest BCUT2D eigenvalue weighted by molar-refractivity contribution is -0.112. The summed E-state index contributed by atoms with van der Waals surface area (Å²) in [6.07, 6.45) is 3.88. The summed E-state index contributed by atoms with van der Waals surface area (Å²) < 4.78 is 3.69. The maximum absolute atomic E-state index is 14.0. The van der Waals surface area contributed by atoms with Gasteiger partial charge in [-0.2, -0.15) is 4.98 Å². The quantitative estimate of drug-likeness (QED) is 0.227. The number of para-hydroxylation sites is 1. The van der Waals surface area contributed by atoms with Crippen LogP contribution in [-0.2, 0) is 4.79 Å². The minimum Gasteiger partial charge on any atom is -0.359 e. The van der Waals surface area contributed by atoms with Gasteiger partial charge in [0, 0.05) is 17.0 Å². The summed E-state index contributed by atoms with van der Waals surface area (Å²) in [5.74, 6) is 1.59. The molecule has 2 aromatic carbocycles. The minimum absolute atomic E-state index is 0.0759. The number of carbonyl (C=O) groups is 1.